The molecule has 0 aliphatic carbocycles. The van der Waals surface area contributed by atoms with Crippen molar-refractivity contribution >= 4 is 29.1 Å². The third-order valence-electron chi connectivity index (χ3n) is 5.50. The lowest BCUT2D eigenvalue weighted by atomic mass is 9.99. The van der Waals surface area contributed by atoms with Crippen molar-refractivity contribution in [1.82, 2.24) is 14.8 Å². The van der Waals surface area contributed by atoms with Gasteiger partial charge < -0.3 is 5.11 Å². The van der Waals surface area contributed by atoms with Gasteiger partial charge in [-0.1, -0.05) is 29.5 Å². The van der Waals surface area contributed by atoms with E-state index in [4.69, 9.17) is 0 Å². The van der Waals surface area contributed by atoms with Crippen molar-refractivity contribution in [3.63, 3.8) is 0 Å². The fourth-order valence-corrected chi connectivity index (χ4v) is 6.54. The predicted octanol–water partition coefficient (Wildman–Crippen LogP) is 6.99. The number of aromatic nitrogens is 3. The van der Waals surface area contributed by atoms with Gasteiger partial charge in [0.15, 0.2) is 5.69 Å². The third kappa shape index (κ3) is 3.68. The highest BCUT2D eigenvalue weighted by Crippen LogP contribution is 2.52. The number of thiazole rings is 1. The molecule has 1 N–H and O–H groups in total. The van der Waals surface area contributed by atoms with E-state index in [2.05, 4.69) is 10.1 Å². The minimum absolute atomic E-state index is 0.167. The van der Waals surface area contributed by atoms with E-state index in [0.29, 0.717) is 28.1 Å². The molecule has 2 aromatic carbocycles. The quantitative estimate of drug-likeness (QED) is 0.304. The summed E-state index contributed by atoms with van der Waals surface area (Å²) in [5.41, 5.74) is 1.71. The molecule has 1 aliphatic heterocycles. The van der Waals surface area contributed by atoms with Crippen LogP contribution in [0.3, 0.4) is 0 Å². The fourth-order valence-electron chi connectivity index (χ4n) is 4.00. The van der Waals surface area contributed by atoms with Gasteiger partial charge in [-0.05, 0) is 49.2 Å². The summed E-state index contributed by atoms with van der Waals surface area (Å²) in [5, 5.41) is 14.4. The molecule has 34 heavy (non-hydrogen) atoms. The van der Waals surface area contributed by atoms with Gasteiger partial charge in [0.2, 0.25) is 5.13 Å². The smallest absolute Gasteiger partial charge is 0.416 e. The molecule has 0 bridgehead atoms. The maximum atomic E-state index is 13.8. The van der Waals surface area contributed by atoms with Crippen LogP contribution in [0.1, 0.15) is 39.5 Å². The minimum Gasteiger partial charge on any atom is -0.476 e. The van der Waals surface area contributed by atoms with E-state index in [9.17, 15) is 27.5 Å². The number of alkyl halides is 3. The summed E-state index contributed by atoms with van der Waals surface area (Å²) in [6.07, 6.45) is -4.46. The number of thioether (sulfide) groups is 1. The first kappa shape index (κ1) is 22.6. The lowest BCUT2D eigenvalue weighted by Crippen LogP contribution is -2.09. The molecule has 2 aromatic heterocycles. The summed E-state index contributed by atoms with van der Waals surface area (Å²) >= 11 is 2.57. The van der Waals surface area contributed by atoms with E-state index in [1.54, 1.807) is 13.0 Å². The van der Waals surface area contributed by atoms with Crippen LogP contribution in [0.15, 0.2) is 46.7 Å². The second-order valence-corrected chi connectivity index (χ2v) is 10.3. The van der Waals surface area contributed by atoms with Crippen molar-refractivity contribution in [1.29, 1.82) is 0 Å². The SMILES string of the molecule is Cc1nn(-c2nc3c(s2)SC(C)c2cc(C(F)(F)F)ccc2-3)c(C(=O)O)c1-c1cccc(F)c1. The van der Waals surface area contributed by atoms with Crippen LogP contribution in [-0.4, -0.2) is 25.8 Å². The number of hydrogen-bond donors (Lipinski definition) is 1. The molecular formula is C23H15F4N3O2S2. The van der Waals surface area contributed by atoms with Crippen LogP contribution in [0.5, 0.6) is 0 Å². The van der Waals surface area contributed by atoms with Gasteiger partial charge in [-0.2, -0.15) is 23.0 Å². The van der Waals surface area contributed by atoms with E-state index >= 15 is 0 Å². The van der Waals surface area contributed by atoms with Crippen LogP contribution in [0.4, 0.5) is 17.6 Å². The Labute approximate surface area is 199 Å². The standard InChI is InChI=1S/C23H15F4N3O2S2/c1-10-17(12-4-3-5-14(24)8-12)19(20(31)32)30(29-10)22-28-18-15-7-6-13(23(25,26)27)9-16(15)11(2)33-21(18)34-22/h3-9,11H,1-2H3,(H,31,32). The van der Waals surface area contributed by atoms with Gasteiger partial charge in [0, 0.05) is 16.4 Å². The van der Waals surface area contributed by atoms with Gasteiger partial charge in [0.25, 0.3) is 0 Å². The Kier molecular flexibility index (Phi) is 5.28. The van der Waals surface area contributed by atoms with E-state index < -0.39 is 23.5 Å². The number of carboxylic acid groups (broad SMARTS) is 1. The molecule has 0 spiro atoms. The zero-order chi connectivity index (χ0) is 24.4. The van der Waals surface area contributed by atoms with E-state index in [0.717, 1.165) is 16.3 Å². The van der Waals surface area contributed by atoms with E-state index in [1.807, 2.05) is 6.92 Å². The molecule has 0 saturated heterocycles. The minimum atomic E-state index is -4.46. The summed E-state index contributed by atoms with van der Waals surface area (Å²) < 4.78 is 55.4. The molecule has 5 nitrogen and oxygen atoms in total. The van der Waals surface area contributed by atoms with Gasteiger partial charge in [-0.25, -0.2) is 14.2 Å². The van der Waals surface area contributed by atoms with Gasteiger partial charge in [-0.3, -0.25) is 0 Å². The number of aromatic carboxylic acids is 1. The average molecular weight is 506 g/mol. The summed E-state index contributed by atoms with van der Waals surface area (Å²) in [4.78, 5) is 16.8. The Hall–Kier alpha value is -3.18. The maximum absolute atomic E-state index is 13.8. The number of nitrogens with zero attached hydrogens (tertiary/aromatic N) is 3. The molecule has 0 fully saturated rings. The summed E-state index contributed by atoms with van der Waals surface area (Å²) in [6.45, 7) is 3.44. The normalized spacial score (nSPS) is 15.2. The highest BCUT2D eigenvalue weighted by molar-refractivity contribution is 8.01. The molecule has 0 amide bonds. The lowest BCUT2D eigenvalue weighted by molar-refractivity contribution is -0.137. The number of carbonyl (C=O) groups is 1. The van der Waals surface area contributed by atoms with Crippen molar-refractivity contribution in [2.24, 2.45) is 0 Å². The molecule has 1 atom stereocenters. The van der Waals surface area contributed by atoms with Gasteiger partial charge >= 0.3 is 12.1 Å². The van der Waals surface area contributed by atoms with Crippen molar-refractivity contribution in [2.45, 2.75) is 29.5 Å². The summed E-state index contributed by atoms with van der Waals surface area (Å²) in [6, 6.07) is 9.15. The fraction of sp³-hybridized carbons (Fsp3) is 0.174. The number of rotatable bonds is 3. The number of hydrogen-bond acceptors (Lipinski definition) is 5. The van der Waals surface area contributed by atoms with Crippen molar-refractivity contribution in [3.05, 3.63) is 70.8 Å². The number of aryl methyl sites for hydroxylation is 1. The van der Waals surface area contributed by atoms with Crippen LogP contribution in [0.25, 0.3) is 27.5 Å². The van der Waals surface area contributed by atoms with Crippen LogP contribution in [0.2, 0.25) is 0 Å². The largest absolute Gasteiger partial charge is 0.476 e. The van der Waals surface area contributed by atoms with Crippen molar-refractivity contribution in [3.8, 4) is 27.5 Å². The molecule has 1 aliphatic rings. The topological polar surface area (TPSA) is 68.0 Å². The van der Waals surface area contributed by atoms with Crippen LogP contribution in [-0.2, 0) is 6.18 Å². The van der Waals surface area contributed by atoms with Gasteiger partial charge in [0.05, 0.1) is 21.2 Å². The third-order valence-corrected chi connectivity index (χ3v) is 7.88. The number of halogens is 4. The maximum Gasteiger partial charge on any atom is 0.416 e. The molecule has 1 unspecified atom stereocenters. The first-order valence-corrected chi connectivity index (χ1v) is 11.7. The Morgan fingerprint density at radius 3 is 2.62 bits per heavy atom. The van der Waals surface area contributed by atoms with Crippen molar-refractivity contribution < 1.29 is 27.5 Å². The molecule has 11 heteroatoms. The first-order valence-electron chi connectivity index (χ1n) is 10.0. The Morgan fingerprint density at radius 2 is 1.94 bits per heavy atom. The zero-order valence-electron chi connectivity index (χ0n) is 17.6. The van der Waals surface area contributed by atoms with E-state index in [-0.39, 0.29) is 21.6 Å². The second-order valence-electron chi connectivity index (χ2n) is 7.73. The Bertz CT molecular complexity index is 1460. The predicted molar refractivity (Wildman–Crippen MR) is 121 cm³/mol. The molecule has 174 valence electrons. The van der Waals surface area contributed by atoms with Crippen LogP contribution < -0.4 is 0 Å². The highest BCUT2D eigenvalue weighted by Gasteiger charge is 2.35. The summed E-state index contributed by atoms with van der Waals surface area (Å²) in [5.74, 6) is -1.77. The average Bonchev–Trinajstić information content (AvgIpc) is 3.34. The number of benzene rings is 2. The lowest BCUT2D eigenvalue weighted by Gasteiger charge is -2.22. The van der Waals surface area contributed by atoms with Crippen molar-refractivity contribution in [2.75, 3.05) is 0 Å². The van der Waals surface area contributed by atoms with Gasteiger partial charge in [-0.15, -0.1) is 11.8 Å². The molecule has 3 heterocycles. The highest BCUT2D eigenvalue weighted by atomic mass is 32.2. The molecule has 0 radical (unpaired) electrons. The Morgan fingerprint density at radius 1 is 1.18 bits per heavy atom. The molecular weight excluding hydrogens is 490 g/mol. The first-order chi connectivity index (χ1) is 16.0. The zero-order valence-corrected chi connectivity index (χ0v) is 19.3. The summed E-state index contributed by atoms with van der Waals surface area (Å²) in [7, 11) is 0. The van der Waals surface area contributed by atoms with Crippen LogP contribution >= 0.6 is 23.1 Å². The molecule has 4 aromatic rings. The van der Waals surface area contributed by atoms with Crippen LogP contribution in [0, 0.1) is 12.7 Å². The molecule has 0 saturated carbocycles. The monoisotopic (exact) mass is 505 g/mol. The van der Waals surface area contributed by atoms with Gasteiger partial charge in [0.1, 0.15) is 5.82 Å². The number of carboxylic acids is 1. The molecule has 5 rings (SSSR count). The van der Waals surface area contributed by atoms with E-state index in [1.165, 1.54) is 52.0 Å². The number of fused-ring (bicyclic) bond motifs is 3. The second kappa shape index (κ2) is 7.95. The Balaban J connectivity index is 1.66.